The van der Waals surface area contributed by atoms with Crippen LogP contribution in [0.25, 0.3) is 250 Å². The van der Waals surface area contributed by atoms with Gasteiger partial charge in [0.15, 0.2) is 11.6 Å². The van der Waals surface area contributed by atoms with E-state index < -0.39 is 0 Å². The van der Waals surface area contributed by atoms with Crippen LogP contribution in [0.2, 0.25) is 0 Å². The summed E-state index contributed by atoms with van der Waals surface area (Å²) in [5.74, 6) is 1.45. The van der Waals surface area contributed by atoms with E-state index in [-0.39, 0.29) is 0 Å². The Kier molecular flexibility index (Phi) is 19.0. The van der Waals surface area contributed by atoms with Gasteiger partial charge >= 0.3 is 0 Å². The molecular weight excluding hydrogens is 1590 g/mol. The van der Waals surface area contributed by atoms with Gasteiger partial charge in [0, 0.05) is 92.9 Å². The fourth-order valence-corrected chi connectivity index (χ4v) is 18.4. The Morgan fingerprint density at radius 1 is 0.162 bits per heavy atom. The van der Waals surface area contributed by atoms with Gasteiger partial charge in [-0.05, 0) is 177 Å². The lowest BCUT2D eigenvalue weighted by Crippen LogP contribution is -1.97. The molecule has 0 unspecified atom stereocenters. The van der Waals surface area contributed by atoms with Gasteiger partial charge in [-0.1, -0.05) is 334 Å². The van der Waals surface area contributed by atoms with Gasteiger partial charge in [0.25, 0.3) is 0 Å². The minimum atomic E-state index is 0.724. The van der Waals surface area contributed by atoms with Crippen LogP contribution in [0.5, 0.6) is 0 Å². The standard InChI is InChI=1S/C44H27N3O.2C38H24N2O/c1-6-16-38-33(10-1)34-11-2-7-17-39(34)47(38)31-26-24-30(25-27-31)44-43(45-36-14-4-5-15-37(36)46-44)29-22-20-28(21-23-29)32-13-9-19-41-42(32)35-12-3-8-18-40(35)48-41;1-3-10-25(11-4-1)37-33-23-29(19-21-34(33)39-38(40-37)26-12-5-2-6-13-26)27-14-9-15-28(22-27)30-18-20-32-31-16-7-8-17-35(31)41-36(32)24-30;1-3-10-25(11-4-1)37-33-21-19-29(23-34(33)39-38(40-37)26-12-5-2-6-13-26)27-14-9-15-28(22-27)30-18-20-32-31-16-7-8-17-35(31)41-36(32)24-30/h1-27H;2*1-24H. The summed E-state index contributed by atoms with van der Waals surface area (Å²) >= 11 is 0. The van der Waals surface area contributed by atoms with Crippen LogP contribution in [0.15, 0.2) is 468 Å². The Labute approximate surface area is 747 Å². The molecule has 130 heavy (non-hydrogen) atoms. The van der Waals surface area contributed by atoms with Crippen molar-refractivity contribution in [3.05, 3.63) is 455 Å². The van der Waals surface area contributed by atoms with Crippen LogP contribution in [0.4, 0.5) is 0 Å². The summed E-state index contributed by atoms with van der Waals surface area (Å²) in [5, 5.41) is 11.4. The molecule has 0 fully saturated rings. The smallest absolute Gasteiger partial charge is 0.160 e. The molecule has 0 atom stereocenters. The highest BCUT2D eigenvalue weighted by molar-refractivity contribution is 6.14. The quantitative estimate of drug-likeness (QED) is 0.118. The summed E-state index contributed by atoms with van der Waals surface area (Å²) in [7, 11) is 0. The molecule has 26 aromatic rings. The van der Waals surface area contributed by atoms with E-state index in [2.05, 4.69) is 332 Å². The molecule has 0 radical (unpaired) electrons. The Morgan fingerprint density at radius 3 is 1.02 bits per heavy atom. The third kappa shape index (κ3) is 14.1. The third-order valence-electron chi connectivity index (χ3n) is 24.8. The second kappa shape index (κ2) is 32.5. The molecule has 19 aromatic carbocycles. The highest BCUT2D eigenvalue weighted by Crippen LogP contribution is 2.44. The zero-order valence-electron chi connectivity index (χ0n) is 70.2. The Balaban J connectivity index is 0.000000109. The van der Waals surface area contributed by atoms with Crippen molar-refractivity contribution in [1.29, 1.82) is 0 Å². The fraction of sp³-hybridized carbons (Fsp3) is 0. The molecule has 0 aliphatic heterocycles. The number of benzene rings is 19. The number of rotatable bonds is 12. The predicted octanol–water partition coefficient (Wildman–Crippen LogP) is 32.0. The molecule has 608 valence electrons. The van der Waals surface area contributed by atoms with Gasteiger partial charge in [-0.25, -0.2) is 29.9 Å². The Hall–Kier alpha value is -17.6. The van der Waals surface area contributed by atoms with E-state index in [1.165, 1.54) is 21.8 Å². The molecule has 0 spiro atoms. The van der Waals surface area contributed by atoms with Crippen LogP contribution in [0.3, 0.4) is 0 Å². The molecule has 0 aliphatic carbocycles. The molecule has 0 amide bonds. The minimum Gasteiger partial charge on any atom is -0.456 e. The van der Waals surface area contributed by atoms with Gasteiger partial charge in [0.05, 0.1) is 55.9 Å². The number of hydrogen-bond donors (Lipinski definition) is 0. The lowest BCUT2D eigenvalue weighted by atomic mass is 9.96. The van der Waals surface area contributed by atoms with Gasteiger partial charge in [0.2, 0.25) is 0 Å². The molecule has 0 aliphatic rings. The van der Waals surface area contributed by atoms with Crippen molar-refractivity contribution in [2.45, 2.75) is 0 Å². The molecule has 0 saturated carbocycles. The maximum Gasteiger partial charge on any atom is 0.160 e. The summed E-state index contributed by atoms with van der Waals surface area (Å²) in [5.41, 5.74) is 33.6. The topological polar surface area (TPSA) is 122 Å². The molecule has 0 N–H and O–H groups in total. The number of fused-ring (bicyclic) bond motifs is 15. The number of aromatic nitrogens is 7. The SMILES string of the molecule is c1ccc(-c2nc(-c3ccccc3)c3cc(-c4cccc(-c5ccc6c(c5)oc5ccccc56)c4)ccc3n2)cc1.c1ccc(-c2nc(-c3ccccc3)c3ccc(-c4cccc(-c5ccc6c(c5)oc5ccccc56)c4)cc3n2)cc1.c1ccc2nc(-c3ccc(-n4c5ccccc5c5ccccc54)cc3)c(-c3ccc(-c4cccc5oc6ccccc6c45)cc3)nc2c1. The van der Waals surface area contributed by atoms with Crippen molar-refractivity contribution in [3.63, 3.8) is 0 Å². The van der Waals surface area contributed by atoms with Crippen LogP contribution >= 0.6 is 0 Å². The normalized spacial score (nSPS) is 11.5. The van der Waals surface area contributed by atoms with Crippen LogP contribution in [-0.2, 0) is 0 Å². The molecule has 26 rings (SSSR count). The number of hydrogen-bond acceptors (Lipinski definition) is 9. The van der Waals surface area contributed by atoms with Crippen molar-refractivity contribution >= 4 is 120 Å². The summed E-state index contributed by atoms with van der Waals surface area (Å²) in [4.78, 5) is 30.4. The molecule has 0 saturated heterocycles. The second-order valence-corrected chi connectivity index (χ2v) is 32.7. The van der Waals surface area contributed by atoms with Crippen LogP contribution in [-0.4, -0.2) is 34.5 Å². The maximum atomic E-state index is 6.17. The summed E-state index contributed by atoms with van der Waals surface area (Å²) in [6, 6.07) is 158. The zero-order chi connectivity index (χ0) is 86.0. The van der Waals surface area contributed by atoms with Gasteiger partial charge in [-0.3, -0.25) is 0 Å². The summed E-state index contributed by atoms with van der Waals surface area (Å²) in [6.07, 6.45) is 0. The van der Waals surface area contributed by atoms with E-state index in [1.54, 1.807) is 0 Å². The molecule has 7 heterocycles. The van der Waals surface area contributed by atoms with Gasteiger partial charge in [0.1, 0.15) is 33.5 Å². The number of nitrogens with zero attached hydrogens (tertiary/aromatic N) is 7. The van der Waals surface area contributed by atoms with Crippen LogP contribution < -0.4 is 0 Å². The first-order chi connectivity index (χ1) is 64.4. The fourth-order valence-electron chi connectivity index (χ4n) is 18.4. The highest BCUT2D eigenvalue weighted by Gasteiger charge is 2.22. The van der Waals surface area contributed by atoms with Gasteiger partial charge in [-0.2, -0.15) is 0 Å². The predicted molar refractivity (Wildman–Crippen MR) is 535 cm³/mol. The van der Waals surface area contributed by atoms with Crippen molar-refractivity contribution < 1.29 is 13.3 Å². The Bertz CT molecular complexity index is 8800. The van der Waals surface area contributed by atoms with E-state index in [0.29, 0.717) is 0 Å². The maximum absolute atomic E-state index is 6.17. The lowest BCUT2D eigenvalue weighted by Gasteiger charge is -2.13. The number of furan rings is 3. The van der Waals surface area contributed by atoms with E-state index in [1.807, 2.05) is 127 Å². The van der Waals surface area contributed by atoms with Crippen molar-refractivity contribution in [1.82, 2.24) is 34.5 Å². The van der Waals surface area contributed by atoms with Crippen molar-refractivity contribution in [2.24, 2.45) is 0 Å². The van der Waals surface area contributed by atoms with E-state index in [0.717, 1.165) is 228 Å². The van der Waals surface area contributed by atoms with Crippen LogP contribution in [0.1, 0.15) is 0 Å². The Morgan fingerprint density at radius 2 is 0.500 bits per heavy atom. The average Bonchev–Trinajstić information content (AvgIpc) is 1.47. The van der Waals surface area contributed by atoms with Gasteiger partial charge in [-0.15, -0.1) is 0 Å². The first kappa shape index (κ1) is 76.1. The first-order valence-corrected chi connectivity index (χ1v) is 43.7. The molecule has 10 nitrogen and oxygen atoms in total. The third-order valence-corrected chi connectivity index (χ3v) is 24.8. The molecule has 10 heteroatoms. The average molecular weight is 1660 g/mol. The molecule has 0 bridgehead atoms. The van der Waals surface area contributed by atoms with Gasteiger partial charge < -0.3 is 17.8 Å². The van der Waals surface area contributed by atoms with Crippen LogP contribution in [0, 0.1) is 0 Å². The van der Waals surface area contributed by atoms with Crippen molar-refractivity contribution in [3.8, 4) is 129 Å². The zero-order valence-corrected chi connectivity index (χ0v) is 70.2. The summed E-state index contributed by atoms with van der Waals surface area (Å²) in [6.45, 7) is 0. The monoisotopic (exact) mass is 1660 g/mol. The van der Waals surface area contributed by atoms with E-state index in [4.69, 9.17) is 43.2 Å². The van der Waals surface area contributed by atoms with E-state index in [9.17, 15) is 0 Å². The lowest BCUT2D eigenvalue weighted by molar-refractivity contribution is 0.668. The van der Waals surface area contributed by atoms with Crippen molar-refractivity contribution in [2.75, 3.05) is 0 Å². The van der Waals surface area contributed by atoms with E-state index >= 15 is 0 Å². The molecule has 7 aromatic heterocycles. The largest absolute Gasteiger partial charge is 0.456 e. The second-order valence-electron chi connectivity index (χ2n) is 32.7. The first-order valence-electron chi connectivity index (χ1n) is 43.7. The molecular formula is C120H75N7O3. The number of para-hydroxylation sites is 7. The highest BCUT2D eigenvalue weighted by atomic mass is 16.3. The minimum absolute atomic E-state index is 0.724. The summed E-state index contributed by atoms with van der Waals surface area (Å²) < 4.78 is 20.8.